The summed E-state index contributed by atoms with van der Waals surface area (Å²) in [4.78, 5) is 0. The lowest BCUT2D eigenvalue weighted by atomic mass is 9.92. The second-order valence-electron chi connectivity index (χ2n) is 5.60. The minimum absolute atomic E-state index is 0.390. The second-order valence-corrected chi connectivity index (χ2v) is 5.60. The summed E-state index contributed by atoms with van der Waals surface area (Å²) in [6.07, 6.45) is 1.05. The first-order valence-corrected chi connectivity index (χ1v) is 7.47. The molecule has 0 aliphatic heterocycles. The van der Waals surface area contributed by atoms with Crippen LogP contribution in [0, 0.1) is 20.8 Å². The van der Waals surface area contributed by atoms with Crippen LogP contribution in [0.3, 0.4) is 0 Å². The largest absolute Gasteiger partial charge is 0.310 e. The van der Waals surface area contributed by atoms with Gasteiger partial charge in [-0.2, -0.15) is 0 Å². The van der Waals surface area contributed by atoms with E-state index < -0.39 is 0 Å². The van der Waals surface area contributed by atoms with Crippen molar-refractivity contribution >= 4 is 0 Å². The highest BCUT2D eigenvalue weighted by molar-refractivity contribution is 5.35. The van der Waals surface area contributed by atoms with E-state index in [1.54, 1.807) is 0 Å². The standard InChI is InChI=1S/C19H25N/c1-5-20-19(13-17-9-7-6-8-15(17)3)18-12-14(2)10-11-16(18)4/h6-12,19-20H,5,13H2,1-4H3. The highest BCUT2D eigenvalue weighted by atomic mass is 14.9. The molecule has 1 nitrogen and oxygen atoms in total. The van der Waals surface area contributed by atoms with Gasteiger partial charge in [0.15, 0.2) is 0 Å². The number of rotatable bonds is 5. The molecule has 0 aliphatic rings. The van der Waals surface area contributed by atoms with Gasteiger partial charge in [-0.3, -0.25) is 0 Å². The molecular weight excluding hydrogens is 242 g/mol. The molecule has 0 bridgehead atoms. The van der Waals surface area contributed by atoms with Crippen LogP contribution in [0.1, 0.15) is 40.8 Å². The van der Waals surface area contributed by atoms with E-state index in [0.29, 0.717) is 6.04 Å². The lowest BCUT2D eigenvalue weighted by molar-refractivity contribution is 0.546. The normalized spacial score (nSPS) is 12.4. The Hall–Kier alpha value is -1.60. The van der Waals surface area contributed by atoms with Gasteiger partial charge in [-0.25, -0.2) is 0 Å². The fourth-order valence-corrected chi connectivity index (χ4v) is 2.73. The Labute approximate surface area is 123 Å². The van der Waals surface area contributed by atoms with Crippen molar-refractivity contribution in [3.8, 4) is 0 Å². The van der Waals surface area contributed by atoms with Gasteiger partial charge in [-0.15, -0.1) is 0 Å². The first kappa shape index (κ1) is 14.8. The molecule has 0 radical (unpaired) electrons. The second kappa shape index (κ2) is 6.71. The molecule has 0 amide bonds. The minimum atomic E-state index is 0.390. The molecule has 106 valence electrons. The average molecular weight is 267 g/mol. The molecule has 20 heavy (non-hydrogen) atoms. The van der Waals surface area contributed by atoms with E-state index in [4.69, 9.17) is 0 Å². The van der Waals surface area contributed by atoms with E-state index in [9.17, 15) is 0 Å². The highest BCUT2D eigenvalue weighted by Crippen LogP contribution is 2.24. The molecule has 2 aromatic carbocycles. The molecular formula is C19H25N. The third-order valence-corrected chi connectivity index (χ3v) is 3.95. The van der Waals surface area contributed by atoms with Gasteiger partial charge in [0, 0.05) is 6.04 Å². The first-order chi connectivity index (χ1) is 9.61. The summed E-state index contributed by atoms with van der Waals surface area (Å²) in [6, 6.07) is 15.8. The summed E-state index contributed by atoms with van der Waals surface area (Å²) in [5.41, 5.74) is 6.93. The summed E-state index contributed by atoms with van der Waals surface area (Å²) < 4.78 is 0. The molecule has 0 saturated carbocycles. The quantitative estimate of drug-likeness (QED) is 0.840. The summed E-state index contributed by atoms with van der Waals surface area (Å²) in [5, 5.41) is 3.64. The SMILES string of the molecule is CCNC(Cc1ccccc1C)c1cc(C)ccc1C. The highest BCUT2D eigenvalue weighted by Gasteiger charge is 2.14. The van der Waals surface area contributed by atoms with Crippen LogP contribution in [-0.4, -0.2) is 6.54 Å². The maximum atomic E-state index is 3.64. The van der Waals surface area contributed by atoms with Crippen LogP contribution >= 0.6 is 0 Å². The number of hydrogen-bond donors (Lipinski definition) is 1. The molecule has 1 N–H and O–H groups in total. The van der Waals surface area contributed by atoms with Gasteiger partial charge in [0.05, 0.1) is 0 Å². The summed E-state index contributed by atoms with van der Waals surface area (Å²) in [6.45, 7) is 9.73. The fraction of sp³-hybridized carbons (Fsp3) is 0.368. The summed E-state index contributed by atoms with van der Waals surface area (Å²) >= 11 is 0. The third-order valence-electron chi connectivity index (χ3n) is 3.95. The number of benzene rings is 2. The smallest absolute Gasteiger partial charge is 0.0363 e. The van der Waals surface area contributed by atoms with Crippen molar-refractivity contribution in [2.24, 2.45) is 0 Å². The summed E-state index contributed by atoms with van der Waals surface area (Å²) in [5.74, 6) is 0. The third kappa shape index (κ3) is 3.49. The molecule has 0 aliphatic carbocycles. The molecule has 2 rings (SSSR count). The van der Waals surface area contributed by atoms with E-state index in [1.807, 2.05) is 0 Å². The Morgan fingerprint density at radius 2 is 1.70 bits per heavy atom. The molecule has 1 heteroatoms. The Balaban J connectivity index is 2.32. The molecule has 1 atom stereocenters. The van der Waals surface area contributed by atoms with E-state index >= 15 is 0 Å². The van der Waals surface area contributed by atoms with Crippen molar-refractivity contribution < 1.29 is 0 Å². The number of hydrogen-bond acceptors (Lipinski definition) is 1. The monoisotopic (exact) mass is 267 g/mol. The van der Waals surface area contributed by atoms with E-state index in [-0.39, 0.29) is 0 Å². The van der Waals surface area contributed by atoms with Gasteiger partial charge in [-0.05, 0) is 56.0 Å². The minimum Gasteiger partial charge on any atom is -0.310 e. The zero-order valence-electron chi connectivity index (χ0n) is 13.0. The van der Waals surface area contributed by atoms with Crippen molar-refractivity contribution in [3.05, 3.63) is 70.3 Å². The van der Waals surface area contributed by atoms with Crippen LogP contribution in [-0.2, 0) is 6.42 Å². The van der Waals surface area contributed by atoms with Crippen molar-refractivity contribution in [1.82, 2.24) is 5.32 Å². The van der Waals surface area contributed by atoms with Crippen LogP contribution in [0.2, 0.25) is 0 Å². The van der Waals surface area contributed by atoms with Gasteiger partial charge in [0.1, 0.15) is 0 Å². The number of likely N-dealkylation sites (N-methyl/N-ethyl adjacent to an activating group) is 1. The zero-order valence-corrected chi connectivity index (χ0v) is 13.0. The summed E-state index contributed by atoms with van der Waals surface area (Å²) in [7, 11) is 0. The van der Waals surface area contributed by atoms with Crippen molar-refractivity contribution in [1.29, 1.82) is 0 Å². The molecule has 2 aromatic rings. The van der Waals surface area contributed by atoms with Gasteiger partial charge in [0.2, 0.25) is 0 Å². The molecule has 0 aromatic heterocycles. The Morgan fingerprint density at radius 1 is 0.950 bits per heavy atom. The van der Waals surface area contributed by atoms with Gasteiger partial charge in [-0.1, -0.05) is 55.0 Å². The van der Waals surface area contributed by atoms with Gasteiger partial charge < -0.3 is 5.32 Å². The first-order valence-electron chi connectivity index (χ1n) is 7.47. The number of aryl methyl sites for hydroxylation is 3. The molecule has 0 fully saturated rings. The fourth-order valence-electron chi connectivity index (χ4n) is 2.73. The Morgan fingerprint density at radius 3 is 2.40 bits per heavy atom. The van der Waals surface area contributed by atoms with Crippen molar-refractivity contribution in [3.63, 3.8) is 0 Å². The predicted octanol–water partition coefficient (Wildman–Crippen LogP) is 4.51. The van der Waals surface area contributed by atoms with Crippen LogP contribution in [0.5, 0.6) is 0 Å². The Bertz CT molecular complexity index is 572. The van der Waals surface area contributed by atoms with E-state index in [2.05, 4.69) is 75.5 Å². The molecule has 0 spiro atoms. The topological polar surface area (TPSA) is 12.0 Å². The van der Waals surface area contributed by atoms with E-state index in [1.165, 1.54) is 27.8 Å². The van der Waals surface area contributed by atoms with Crippen LogP contribution in [0.25, 0.3) is 0 Å². The van der Waals surface area contributed by atoms with E-state index in [0.717, 1.165) is 13.0 Å². The van der Waals surface area contributed by atoms with Crippen LogP contribution in [0.4, 0.5) is 0 Å². The molecule has 1 unspecified atom stereocenters. The average Bonchev–Trinajstić information content (AvgIpc) is 2.43. The van der Waals surface area contributed by atoms with Crippen molar-refractivity contribution in [2.75, 3.05) is 6.54 Å². The van der Waals surface area contributed by atoms with Crippen LogP contribution < -0.4 is 5.32 Å². The molecule has 0 saturated heterocycles. The number of nitrogens with one attached hydrogen (secondary N) is 1. The van der Waals surface area contributed by atoms with Crippen molar-refractivity contribution in [2.45, 2.75) is 40.2 Å². The van der Waals surface area contributed by atoms with Crippen LogP contribution in [0.15, 0.2) is 42.5 Å². The zero-order chi connectivity index (χ0) is 14.5. The Kier molecular flexibility index (Phi) is 4.97. The maximum absolute atomic E-state index is 3.64. The molecule has 0 heterocycles. The predicted molar refractivity (Wildman–Crippen MR) is 87.2 cm³/mol. The van der Waals surface area contributed by atoms with Gasteiger partial charge >= 0.3 is 0 Å². The maximum Gasteiger partial charge on any atom is 0.0363 e. The van der Waals surface area contributed by atoms with Gasteiger partial charge in [0.25, 0.3) is 0 Å². The lowest BCUT2D eigenvalue weighted by Gasteiger charge is -2.22. The lowest BCUT2D eigenvalue weighted by Crippen LogP contribution is -2.24.